The number of carbonyl (C=O) groups is 1. The maximum atomic E-state index is 13.1. The number of piperazine rings is 1. The summed E-state index contributed by atoms with van der Waals surface area (Å²) in [5, 5.41) is 3.39. The van der Waals surface area contributed by atoms with Gasteiger partial charge in [0, 0.05) is 25.2 Å². The second kappa shape index (κ2) is 9.04. The summed E-state index contributed by atoms with van der Waals surface area (Å²) in [5.74, 6) is 0.380. The lowest BCUT2D eigenvalue weighted by atomic mass is 10.0. The van der Waals surface area contributed by atoms with Gasteiger partial charge in [-0.3, -0.25) is 4.79 Å². The molecule has 1 aliphatic rings. The first-order valence-corrected chi connectivity index (χ1v) is 9.37. The molecule has 1 amide bonds. The van der Waals surface area contributed by atoms with Gasteiger partial charge in [0.15, 0.2) is 5.69 Å². The molecule has 1 fully saturated rings. The zero-order chi connectivity index (χ0) is 18.6. The molecule has 1 unspecified atom stereocenters. The summed E-state index contributed by atoms with van der Waals surface area (Å²) in [4.78, 5) is 19.5. The average molecular weight is 398 g/mol. The van der Waals surface area contributed by atoms with Crippen molar-refractivity contribution >= 4 is 18.3 Å². The molecule has 1 aromatic heterocycles. The fraction of sp³-hybridized carbons (Fsp3) is 0.273. The maximum Gasteiger partial charge on any atom is 0.276 e. The number of halogens is 1. The molecule has 1 atom stereocenters. The van der Waals surface area contributed by atoms with Gasteiger partial charge in [-0.25, -0.2) is 4.98 Å². The van der Waals surface area contributed by atoms with Gasteiger partial charge in [0.2, 0.25) is 5.89 Å². The van der Waals surface area contributed by atoms with Crippen LogP contribution in [0.2, 0.25) is 0 Å². The molecule has 0 saturated carbocycles. The van der Waals surface area contributed by atoms with Crippen molar-refractivity contribution in [3.05, 3.63) is 77.7 Å². The zero-order valence-corrected chi connectivity index (χ0v) is 16.6. The zero-order valence-electron chi connectivity index (χ0n) is 15.8. The largest absolute Gasteiger partial charge is 0.444 e. The van der Waals surface area contributed by atoms with Crippen molar-refractivity contribution in [1.29, 1.82) is 0 Å². The van der Waals surface area contributed by atoms with Gasteiger partial charge in [0.1, 0.15) is 6.26 Å². The molecule has 0 bridgehead atoms. The van der Waals surface area contributed by atoms with Gasteiger partial charge in [-0.05, 0) is 29.7 Å². The van der Waals surface area contributed by atoms with Crippen LogP contribution in [-0.4, -0.2) is 35.4 Å². The van der Waals surface area contributed by atoms with Crippen molar-refractivity contribution in [2.75, 3.05) is 19.6 Å². The lowest BCUT2D eigenvalue weighted by Gasteiger charge is -2.36. The third kappa shape index (κ3) is 4.11. The summed E-state index contributed by atoms with van der Waals surface area (Å²) in [6.07, 6.45) is 2.47. The first kappa shape index (κ1) is 20.1. The van der Waals surface area contributed by atoms with Crippen LogP contribution in [0.4, 0.5) is 0 Å². The molecule has 0 aliphatic carbocycles. The van der Waals surface area contributed by atoms with Crippen LogP contribution in [0.25, 0.3) is 11.5 Å². The molecule has 1 saturated heterocycles. The summed E-state index contributed by atoms with van der Waals surface area (Å²) in [6.45, 7) is 4.30. The van der Waals surface area contributed by atoms with Crippen LogP contribution in [0, 0.1) is 0 Å². The Bertz CT molecular complexity index is 909. The molecule has 5 nitrogen and oxygen atoms in total. The summed E-state index contributed by atoms with van der Waals surface area (Å²) in [7, 11) is 0. The van der Waals surface area contributed by atoms with Gasteiger partial charge >= 0.3 is 0 Å². The minimum absolute atomic E-state index is 0. The highest BCUT2D eigenvalue weighted by atomic mass is 35.5. The number of aryl methyl sites for hydroxylation is 1. The lowest BCUT2D eigenvalue weighted by Crippen LogP contribution is -2.48. The van der Waals surface area contributed by atoms with Gasteiger partial charge in [-0.1, -0.05) is 49.4 Å². The Labute approximate surface area is 171 Å². The molecule has 146 valence electrons. The second-order valence-corrected chi connectivity index (χ2v) is 6.72. The van der Waals surface area contributed by atoms with Crippen LogP contribution in [-0.2, 0) is 6.42 Å². The number of oxazole rings is 1. The van der Waals surface area contributed by atoms with Crippen LogP contribution in [0.1, 0.15) is 34.6 Å². The van der Waals surface area contributed by atoms with Crippen LogP contribution >= 0.6 is 12.4 Å². The number of rotatable bonds is 4. The average Bonchev–Trinajstić information content (AvgIpc) is 3.24. The SMILES string of the molecule is CCc1ccc(C2CNCCN2C(=O)c2coc(-c3ccccc3)n2)cc1.Cl. The molecule has 4 rings (SSSR count). The standard InChI is InChI=1S/C22H23N3O2.ClH/c1-2-16-8-10-17(11-9-16)20-14-23-12-13-25(20)22(26)19-15-27-21(24-19)18-6-4-3-5-7-18;/h3-11,15,20,23H,2,12-14H2,1H3;1H. The van der Waals surface area contributed by atoms with E-state index in [0.29, 0.717) is 18.1 Å². The summed E-state index contributed by atoms with van der Waals surface area (Å²) in [6, 6.07) is 18.1. The molecule has 3 aromatic rings. The predicted octanol–water partition coefficient (Wildman–Crippen LogP) is 4.11. The number of aromatic nitrogens is 1. The van der Waals surface area contributed by atoms with E-state index in [1.807, 2.05) is 35.2 Å². The lowest BCUT2D eigenvalue weighted by molar-refractivity contribution is 0.0628. The van der Waals surface area contributed by atoms with Crippen molar-refractivity contribution in [2.45, 2.75) is 19.4 Å². The third-order valence-electron chi connectivity index (χ3n) is 5.02. The summed E-state index contributed by atoms with van der Waals surface area (Å²) >= 11 is 0. The van der Waals surface area contributed by atoms with Crippen molar-refractivity contribution < 1.29 is 9.21 Å². The van der Waals surface area contributed by atoms with Gasteiger partial charge in [-0.15, -0.1) is 12.4 Å². The normalized spacial score (nSPS) is 16.5. The van der Waals surface area contributed by atoms with Crippen molar-refractivity contribution in [1.82, 2.24) is 15.2 Å². The quantitative estimate of drug-likeness (QED) is 0.719. The minimum atomic E-state index is -0.0907. The van der Waals surface area contributed by atoms with E-state index in [4.69, 9.17) is 4.42 Å². The molecule has 6 heteroatoms. The summed E-state index contributed by atoms with van der Waals surface area (Å²) < 4.78 is 5.56. The molecule has 2 aromatic carbocycles. The Balaban J connectivity index is 0.00000225. The van der Waals surface area contributed by atoms with Gasteiger partial charge in [0.05, 0.1) is 6.04 Å². The van der Waals surface area contributed by atoms with Crippen molar-refractivity contribution in [3.63, 3.8) is 0 Å². The smallest absolute Gasteiger partial charge is 0.276 e. The molecule has 1 N–H and O–H groups in total. The number of nitrogens with one attached hydrogen (secondary N) is 1. The van der Waals surface area contributed by atoms with Crippen LogP contribution in [0.3, 0.4) is 0 Å². The number of nitrogens with zero attached hydrogens (tertiary/aromatic N) is 2. The first-order chi connectivity index (χ1) is 13.3. The third-order valence-corrected chi connectivity index (χ3v) is 5.02. The topological polar surface area (TPSA) is 58.4 Å². The highest BCUT2D eigenvalue weighted by molar-refractivity contribution is 5.93. The Hall–Kier alpha value is -2.63. The van der Waals surface area contributed by atoms with E-state index in [9.17, 15) is 4.79 Å². The van der Waals surface area contributed by atoms with E-state index in [0.717, 1.165) is 30.6 Å². The molecule has 28 heavy (non-hydrogen) atoms. The predicted molar refractivity (Wildman–Crippen MR) is 112 cm³/mol. The molecule has 0 spiro atoms. The highest BCUT2D eigenvalue weighted by Crippen LogP contribution is 2.26. The number of carbonyl (C=O) groups excluding carboxylic acids is 1. The highest BCUT2D eigenvalue weighted by Gasteiger charge is 2.30. The molecule has 0 radical (unpaired) electrons. The van der Waals surface area contributed by atoms with E-state index in [1.165, 1.54) is 11.8 Å². The maximum absolute atomic E-state index is 13.1. The van der Waals surface area contributed by atoms with E-state index in [2.05, 4.69) is 41.5 Å². The minimum Gasteiger partial charge on any atom is -0.444 e. The number of hydrogen-bond donors (Lipinski definition) is 1. The van der Waals surface area contributed by atoms with Gasteiger partial charge < -0.3 is 14.6 Å². The molecular weight excluding hydrogens is 374 g/mol. The first-order valence-electron chi connectivity index (χ1n) is 9.37. The molecular formula is C22H24ClN3O2. The van der Waals surface area contributed by atoms with Gasteiger partial charge in [0.25, 0.3) is 5.91 Å². The number of hydrogen-bond acceptors (Lipinski definition) is 4. The van der Waals surface area contributed by atoms with E-state index >= 15 is 0 Å². The fourth-order valence-electron chi connectivity index (χ4n) is 3.45. The second-order valence-electron chi connectivity index (χ2n) is 6.72. The Morgan fingerprint density at radius 1 is 1.18 bits per heavy atom. The van der Waals surface area contributed by atoms with Crippen molar-refractivity contribution in [3.8, 4) is 11.5 Å². The van der Waals surface area contributed by atoms with E-state index in [1.54, 1.807) is 0 Å². The number of amides is 1. The van der Waals surface area contributed by atoms with Crippen LogP contribution in [0.15, 0.2) is 65.3 Å². The van der Waals surface area contributed by atoms with Crippen LogP contribution < -0.4 is 5.32 Å². The Morgan fingerprint density at radius 3 is 2.64 bits per heavy atom. The molecule has 1 aliphatic heterocycles. The van der Waals surface area contributed by atoms with E-state index < -0.39 is 0 Å². The Morgan fingerprint density at radius 2 is 1.93 bits per heavy atom. The molecule has 2 heterocycles. The summed E-state index contributed by atoms with van der Waals surface area (Å²) in [5.41, 5.74) is 3.65. The number of benzene rings is 2. The van der Waals surface area contributed by atoms with Gasteiger partial charge in [-0.2, -0.15) is 0 Å². The Kier molecular flexibility index (Phi) is 6.49. The van der Waals surface area contributed by atoms with E-state index in [-0.39, 0.29) is 24.4 Å². The monoisotopic (exact) mass is 397 g/mol. The fourth-order valence-corrected chi connectivity index (χ4v) is 3.45. The van der Waals surface area contributed by atoms with Crippen molar-refractivity contribution in [2.24, 2.45) is 0 Å². The van der Waals surface area contributed by atoms with Crippen LogP contribution in [0.5, 0.6) is 0 Å².